The molecule has 0 amide bonds. The van der Waals surface area contributed by atoms with E-state index in [1.807, 2.05) is 54.6 Å². The van der Waals surface area contributed by atoms with Gasteiger partial charge in [-0.05, 0) is 45.5 Å². The van der Waals surface area contributed by atoms with Gasteiger partial charge in [-0.15, -0.1) is 0 Å². The summed E-state index contributed by atoms with van der Waals surface area (Å²) in [6.45, 7) is 4.39. The number of allylic oxidation sites excluding steroid dienone is 3. The number of aliphatic hydroxyl groups is 1. The Bertz CT molecular complexity index is 1220. The van der Waals surface area contributed by atoms with E-state index >= 15 is 0 Å². The monoisotopic (exact) mass is 424 g/mol. The lowest BCUT2D eigenvalue weighted by molar-refractivity contribution is 0.103. The molecule has 0 aromatic heterocycles. The molecule has 0 radical (unpaired) electrons. The molecule has 2 heterocycles. The molecule has 1 N–H and O–H groups in total. The number of benzene rings is 3. The summed E-state index contributed by atoms with van der Waals surface area (Å²) >= 11 is 0. The molecular formula is C28H25O2P. The van der Waals surface area contributed by atoms with E-state index in [0.717, 1.165) is 23.7 Å². The first-order valence-corrected chi connectivity index (χ1v) is 12.2. The summed E-state index contributed by atoms with van der Waals surface area (Å²) in [6, 6.07) is 28.1. The van der Waals surface area contributed by atoms with E-state index in [-0.39, 0.29) is 16.7 Å². The zero-order chi connectivity index (χ0) is 21.6. The third-order valence-electron chi connectivity index (χ3n) is 6.73. The molecule has 3 heteroatoms. The summed E-state index contributed by atoms with van der Waals surface area (Å²) in [7, 11) is -1.00. The van der Waals surface area contributed by atoms with Gasteiger partial charge in [-0.3, -0.25) is 4.79 Å². The summed E-state index contributed by atoms with van der Waals surface area (Å²) in [5.74, 6) is 0.112. The van der Waals surface area contributed by atoms with Crippen molar-refractivity contribution in [1.82, 2.24) is 0 Å². The molecule has 0 fully saturated rings. The molecule has 0 spiro atoms. The largest absolute Gasteiger partial charge is 0.507 e. The second kappa shape index (κ2) is 7.62. The van der Waals surface area contributed by atoms with Gasteiger partial charge in [-0.2, -0.15) is 0 Å². The van der Waals surface area contributed by atoms with Gasteiger partial charge in [-0.25, -0.2) is 0 Å². The fourth-order valence-corrected chi connectivity index (χ4v) is 8.71. The van der Waals surface area contributed by atoms with Crippen LogP contribution < -0.4 is 0 Å². The minimum absolute atomic E-state index is 0.0260. The van der Waals surface area contributed by atoms with Crippen LogP contribution in [0.15, 0.2) is 101 Å². The number of fused-ring (bicyclic) bond motifs is 3. The maximum Gasteiger partial charge on any atom is 0.197 e. The first kappa shape index (κ1) is 20.0. The molecule has 3 aromatic rings. The van der Waals surface area contributed by atoms with Crippen molar-refractivity contribution in [2.24, 2.45) is 0 Å². The number of rotatable bonds is 2. The Kier molecular flexibility index (Phi) is 4.91. The molecule has 2 aliphatic heterocycles. The quantitative estimate of drug-likeness (QED) is 0.203. The van der Waals surface area contributed by atoms with Crippen molar-refractivity contribution in [2.75, 3.05) is 6.16 Å². The van der Waals surface area contributed by atoms with Crippen LogP contribution in [-0.2, 0) is 5.16 Å². The minimum Gasteiger partial charge on any atom is -0.507 e. The summed E-state index contributed by atoms with van der Waals surface area (Å²) in [5, 5.41) is 11.7. The number of carbonyl (C=O) groups excluding carboxylic acids is 1. The van der Waals surface area contributed by atoms with Gasteiger partial charge in [-0.1, -0.05) is 96.1 Å². The second-order valence-corrected chi connectivity index (χ2v) is 10.9. The Morgan fingerprint density at radius 3 is 2.16 bits per heavy atom. The molecule has 5 rings (SSSR count). The number of carbonyl (C=O) groups is 1. The van der Waals surface area contributed by atoms with E-state index in [1.54, 1.807) is 0 Å². The van der Waals surface area contributed by atoms with Crippen molar-refractivity contribution in [3.8, 4) is 0 Å². The van der Waals surface area contributed by atoms with E-state index in [0.29, 0.717) is 10.9 Å². The molecule has 0 saturated heterocycles. The Balaban J connectivity index is 1.89. The smallest absolute Gasteiger partial charge is 0.197 e. The molecule has 154 valence electrons. The normalized spacial score (nSPS) is 24.5. The van der Waals surface area contributed by atoms with Crippen molar-refractivity contribution in [1.29, 1.82) is 0 Å². The highest BCUT2D eigenvalue weighted by Gasteiger charge is 2.53. The lowest BCUT2D eigenvalue weighted by Crippen LogP contribution is -2.37. The first-order chi connectivity index (χ1) is 15.0. The summed E-state index contributed by atoms with van der Waals surface area (Å²) in [5.41, 5.74) is 6.47. The summed E-state index contributed by atoms with van der Waals surface area (Å²) < 4.78 is 0. The fourth-order valence-electron chi connectivity index (χ4n) is 5.03. The average molecular weight is 424 g/mol. The molecule has 0 saturated carbocycles. The van der Waals surface area contributed by atoms with Crippen LogP contribution in [0.4, 0.5) is 0 Å². The van der Waals surface area contributed by atoms with Crippen LogP contribution in [0.1, 0.15) is 47.3 Å². The molecule has 0 bridgehead atoms. The van der Waals surface area contributed by atoms with E-state index in [1.165, 1.54) is 16.7 Å². The van der Waals surface area contributed by atoms with E-state index in [2.05, 4.69) is 44.2 Å². The maximum atomic E-state index is 13.8. The van der Waals surface area contributed by atoms with Gasteiger partial charge in [0.1, 0.15) is 5.76 Å². The van der Waals surface area contributed by atoms with Crippen LogP contribution in [0.25, 0.3) is 5.76 Å². The molecule has 2 unspecified atom stereocenters. The van der Waals surface area contributed by atoms with Gasteiger partial charge in [0.2, 0.25) is 0 Å². The van der Waals surface area contributed by atoms with E-state index in [9.17, 15) is 9.90 Å². The minimum atomic E-state index is -1.00. The van der Waals surface area contributed by atoms with Crippen LogP contribution in [0.3, 0.4) is 0 Å². The number of aliphatic hydroxyl groups excluding tert-OH is 1. The number of ketones is 1. The summed E-state index contributed by atoms with van der Waals surface area (Å²) in [4.78, 5) is 13.8. The molecule has 2 nitrogen and oxygen atoms in total. The predicted molar refractivity (Wildman–Crippen MR) is 129 cm³/mol. The Labute approximate surface area is 184 Å². The Morgan fingerprint density at radius 2 is 1.45 bits per heavy atom. The Morgan fingerprint density at radius 1 is 0.839 bits per heavy atom. The van der Waals surface area contributed by atoms with Crippen LogP contribution in [-0.4, -0.2) is 17.1 Å². The van der Waals surface area contributed by atoms with Gasteiger partial charge < -0.3 is 5.11 Å². The second-order valence-electron chi connectivity index (χ2n) is 8.49. The number of Topliss-reactive ketones (excluding diaryl/α,β-unsaturated/α-hetero) is 1. The Hall–Kier alpha value is -2.96. The van der Waals surface area contributed by atoms with Crippen molar-refractivity contribution in [3.63, 3.8) is 0 Å². The van der Waals surface area contributed by atoms with Crippen LogP contribution >= 0.6 is 7.92 Å². The number of hydrogen-bond donors (Lipinski definition) is 1. The first-order valence-electron chi connectivity index (χ1n) is 10.7. The van der Waals surface area contributed by atoms with Crippen molar-refractivity contribution < 1.29 is 9.90 Å². The van der Waals surface area contributed by atoms with E-state index in [4.69, 9.17) is 0 Å². The highest BCUT2D eigenvalue weighted by Crippen LogP contribution is 2.73. The van der Waals surface area contributed by atoms with Gasteiger partial charge in [0, 0.05) is 16.3 Å². The van der Waals surface area contributed by atoms with Gasteiger partial charge in [0.25, 0.3) is 0 Å². The van der Waals surface area contributed by atoms with Crippen molar-refractivity contribution in [3.05, 3.63) is 124 Å². The zero-order valence-electron chi connectivity index (χ0n) is 17.8. The van der Waals surface area contributed by atoms with Crippen LogP contribution in [0.2, 0.25) is 0 Å². The molecule has 3 aromatic carbocycles. The number of hydrogen-bond acceptors (Lipinski definition) is 2. The summed E-state index contributed by atoms with van der Waals surface area (Å²) in [6.07, 6.45) is 1.69. The zero-order valence-corrected chi connectivity index (χ0v) is 18.7. The van der Waals surface area contributed by atoms with Crippen LogP contribution in [0.5, 0.6) is 0 Å². The van der Waals surface area contributed by atoms with Gasteiger partial charge in [0.15, 0.2) is 5.78 Å². The van der Waals surface area contributed by atoms with Gasteiger partial charge in [0.05, 0.1) is 5.31 Å². The van der Waals surface area contributed by atoms with Gasteiger partial charge >= 0.3 is 0 Å². The maximum absolute atomic E-state index is 13.8. The van der Waals surface area contributed by atoms with Crippen molar-refractivity contribution >= 4 is 19.5 Å². The third kappa shape index (κ3) is 3.01. The average Bonchev–Trinajstić information content (AvgIpc) is 2.82. The molecule has 31 heavy (non-hydrogen) atoms. The standard InChI is InChI=1S/C28H25O2P/c1-19-17-28(22-13-7-4-8-14-22)24-16-10-9-15-23(24)26(30)27(31(28)18-20(19)2)25(29)21-11-5-3-6-12-21/h3-16,29H,17-18H2,1-2H3/b27-25-. The van der Waals surface area contributed by atoms with E-state index < -0.39 is 7.92 Å². The molecule has 0 aliphatic carbocycles. The molecular weight excluding hydrogens is 399 g/mol. The lowest BCUT2D eigenvalue weighted by atomic mass is 9.80. The van der Waals surface area contributed by atoms with Crippen molar-refractivity contribution in [2.45, 2.75) is 25.4 Å². The topological polar surface area (TPSA) is 37.3 Å². The lowest BCUT2D eigenvalue weighted by Gasteiger charge is -2.50. The molecule has 2 aliphatic rings. The van der Waals surface area contributed by atoms with Crippen LogP contribution in [0, 0.1) is 0 Å². The highest BCUT2D eigenvalue weighted by molar-refractivity contribution is 7.65. The third-order valence-corrected chi connectivity index (χ3v) is 10.1. The predicted octanol–water partition coefficient (Wildman–Crippen LogP) is 7.28. The molecule has 2 atom stereocenters. The fraction of sp³-hybridized carbons (Fsp3) is 0.179. The SMILES string of the molecule is CC1=C(C)CC2(c3ccccc3)c3ccccc3C(=O)/C(=C(/O)c3ccccc3)P2C1. The highest BCUT2D eigenvalue weighted by atomic mass is 31.1.